The highest BCUT2D eigenvalue weighted by Gasteiger charge is 2.08. The first kappa shape index (κ1) is 29.6. The predicted molar refractivity (Wildman–Crippen MR) is 155 cm³/mol. The molecular formula is C32H48N2O2. The largest absolute Gasteiger partial charge is 0.497 e. The lowest BCUT2D eigenvalue weighted by molar-refractivity contribution is 0.414. The number of nitrogens with zero attached hydrogens (tertiary/aromatic N) is 2. The third-order valence-corrected chi connectivity index (χ3v) is 6.67. The first-order valence-corrected chi connectivity index (χ1v) is 14.1. The number of hydrogen-bond donors (Lipinski definition) is 0. The molecule has 0 aliphatic heterocycles. The van der Waals surface area contributed by atoms with Crippen molar-refractivity contribution in [3.05, 3.63) is 59.7 Å². The molecule has 0 aromatic heterocycles. The van der Waals surface area contributed by atoms with Gasteiger partial charge < -0.3 is 9.47 Å². The van der Waals surface area contributed by atoms with Crippen molar-refractivity contribution in [3.8, 4) is 11.5 Å². The Bertz CT molecular complexity index is 810. The molecule has 36 heavy (non-hydrogen) atoms. The number of methoxy groups -OCH3 is 2. The minimum absolute atomic E-state index is 0.864. The van der Waals surface area contributed by atoms with Crippen molar-refractivity contribution in [1.82, 2.24) is 0 Å². The van der Waals surface area contributed by atoms with Crippen molar-refractivity contribution in [2.75, 3.05) is 14.2 Å². The third-order valence-electron chi connectivity index (χ3n) is 6.67. The number of unbranched alkanes of at least 4 members (excludes halogenated alkanes) is 10. The van der Waals surface area contributed by atoms with Crippen LogP contribution in [0.1, 0.15) is 115 Å². The van der Waals surface area contributed by atoms with Crippen molar-refractivity contribution in [3.63, 3.8) is 0 Å². The van der Waals surface area contributed by atoms with Crippen LogP contribution in [0.25, 0.3) is 0 Å². The molecular weight excluding hydrogens is 444 g/mol. The van der Waals surface area contributed by atoms with Gasteiger partial charge in [0.2, 0.25) is 0 Å². The lowest BCUT2D eigenvalue weighted by atomic mass is 10.0. The van der Waals surface area contributed by atoms with Gasteiger partial charge in [-0.25, -0.2) is 0 Å². The number of ether oxygens (including phenoxy) is 2. The third kappa shape index (κ3) is 11.4. The van der Waals surface area contributed by atoms with Gasteiger partial charge in [-0.05, 0) is 85.3 Å². The summed E-state index contributed by atoms with van der Waals surface area (Å²) in [6, 6.07) is 16.5. The van der Waals surface area contributed by atoms with Gasteiger partial charge in [0.05, 0.1) is 25.6 Å². The molecule has 0 unspecified atom stereocenters. The molecule has 0 fully saturated rings. The molecule has 4 heteroatoms. The van der Waals surface area contributed by atoms with E-state index in [1.54, 1.807) is 14.2 Å². The Labute approximate surface area is 220 Å². The van der Waals surface area contributed by atoms with Crippen LogP contribution in [-0.2, 0) is 0 Å². The van der Waals surface area contributed by atoms with Crippen LogP contribution >= 0.6 is 0 Å². The Kier molecular flexibility index (Phi) is 15.3. The highest BCUT2D eigenvalue weighted by molar-refractivity contribution is 6.03. The Morgan fingerprint density at radius 3 is 1.17 bits per heavy atom. The van der Waals surface area contributed by atoms with Crippen LogP contribution < -0.4 is 9.47 Å². The second kappa shape index (κ2) is 18.6. The zero-order chi connectivity index (χ0) is 25.8. The summed E-state index contributed by atoms with van der Waals surface area (Å²) in [7, 11) is 3.40. The number of benzene rings is 2. The summed E-state index contributed by atoms with van der Waals surface area (Å²) in [5.41, 5.74) is 4.37. The molecule has 0 heterocycles. The molecule has 2 rings (SSSR count). The summed E-state index contributed by atoms with van der Waals surface area (Å²) in [6.45, 7) is 4.52. The first-order chi connectivity index (χ1) is 17.7. The van der Waals surface area contributed by atoms with E-state index in [2.05, 4.69) is 38.1 Å². The van der Waals surface area contributed by atoms with Crippen LogP contribution in [0.5, 0.6) is 11.5 Å². The maximum absolute atomic E-state index is 5.36. The molecule has 0 radical (unpaired) electrons. The van der Waals surface area contributed by atoms with E-state index < -0.39 is 0 Å². The van der Waals surface area contributed by atoms with E-state index in [1.165, 1.54) is 64.2 Å². The highest BCUT2D eigenvalue weighted by atomic mass is 16.5. The zero-order valence-electron chi connectivity index (χ0n) is 23.2. The molecule has 0 bridgehead atoms. The van der Waals surface area contributed by atoms with E-state index in [1.807, 2.05) is 24.3 Å². The Balaban J connectivity index is 2.21. The monoisotopic (exact) mass is 492 g/mol. The normalized spacial score (nSPS) is 12.1. The predicted octanol–water partition coefficient (Wildman–Crippen LogP) is 9.40. The van der Waals surface area contributed by atoms with Crippen molar-refractivity contribution in [2.24, 2.45) is 10.2 Å². The smallest absolute Gasteiger partial charge is 0.118 e. The van der Waals surface area contributed by atoms with Crippen LogP contribution in [-0.4, -0.2) is 25.6 Å². The van der Waals surface area contributed by atoms with Gasteiger partial charge in [-0.1, -0.05) is 78.1 Å². The maximum atomic E-state index is 5.36. The maximum Gasteiger partial charge on any atom is 0.118 e. The Morgan fingerprint density at radius 2 is 0.833 bits per heavy atom. The van der Waals surface area contributed by atoms with E-state index >= 15 is 0 Å². The van der Waals surface area contributed by atoms with E-state index in [0.29, 0.717) is 0 Å². The first-order valence-electron chi connectivity index (χ1n) is 14.1. The van der Waals surface area contributed by atoms with E-state index in [9.17, 15) is 0 Å². The summed E-state index contributed by atoms with van der Waals surface area (Å²) in [5.74, 6) is 1.73. The summed E-state index contributed by atoms with van der Waals surface area (Å²) in [6.07, 6.45) is 17.1. The minimum atomic E-state index is 0.864. The quantitative estimate of drug-likeness (QED) is 0.111. The van der Waals surface area contributed by atoms with Crippen molar-refractivity contribution in [2.45, 2.75) is 104 Å². The second-order valence-electron chi connectivity index (χ2n) is 9.59. The molecule has 0 amide bonds. The van der Waals surface area contributed by atoms with Crippen molar-refractivity contribution >= 4 is 11.4 Å². The van der Waals surface area contributed by atoms with Gasteiger partial charge in [0.25, 0.3) is 0 Å². The SMILES string of the molecule is CCCCCCCC/C(=N/N=C(/CCCCCCCC)c1ccc(OC)cc1)c1ccc(OC)cc1. The number of rotatable bonds is 19. The molecule has 0 saturated heterocycles. The summed E-state index contributed by atoms with van der Waals surface area (Å²) in [4.78, 5) is 0. The number of hydrogen-bond acceptors (Lipinski definition) is 4. The molecule has 0 N–H and O–H groups in total. The molecule has 198 valence electrons. The Morgan fingerprint density at radius 1 is 0.500 bits per heavy atom. The average molecular weight is 493 g/mol. The molecule has 2 aromatic rings. The van der Waals surface area contributed by atoms with Crippen LogP contribution in [0.4, 0.5) is 0 Å². The van der Waals surface area contributed by atoms with Crippen LogP contribution in [0.2, 0.25) is 0 Å². The van der Waals surface area contributed by atoms with Gasteiger partial charge >= 0.3 is 0 Å². The topological polar surface area (TPSA) is 43.2 Å². The van der Waals surface area contributed by atoms with Gasteiger partial charge in [-0.2, -0.15) is 10.2 Å². The Hall–Kier alpha value is -2.62. The fourth-order valence-electron chi connectivity index (χ4n) is 4.34. The van der Waals surface area contributed by atoms with Crippen molar-refractivity contribution in [1.29, 1.82) is 0 Å². The molecule has 0 atom stereocenters. The lowest BCUT2D eigenvalue weighted by Crippen LogP contribution is -2.04. The zero-order valence-corrected chi connectivity index (χ0v) is 23.2. The molecule has 4 nitrogen and oxygen atoms in total. The van der Waals surface area contributed by atoms with Crippen LogP contribution in [0.15, 0.2) is 58.7 Å². The average Bonchev–Trinajstić information content (AvgIpc) is 2.93. The van der Waals surface area contributed by atoms with Gasteiger partial charge in [0.15, 0.2) is 0 Å². The molecule has 0 aliphatic rings. The fourth-order valence-corrected chi connectivity index (χ4v) is 4.34. The molecule has 0 saturated carbocycles. The second-order valence-corrected chi connectivity index (χ2v) is 9.59. The van der Waals surface area contributed by atoms with Gasteiger partial charge in [0.1, 0.15) is 11.5 Å². The van der Waals surface area contributed by atoms with E-state index in [0.717, 1.165) is 59.7 Å². The highest BCUT2D eigenvalue weighted by Crippen LogP contribution is 2.19. The molecule has 0 aliphatic carbocycles. The van der Waals surface area contributed by atoms with Gasteiger partial charge in [-0.3, -0.25) is 0 Å². The molecule has 2 aromatic carbocycles. The lowest BCUT2D eigenvalue weighted by Gasteiger charge is -2.09. The van der Waals surface area contributed by atoms with E-state index in [4.69, 9.17) is 19.7 Å². The summed E-state index contributed by atoms with van der Waals surface area (Å²) < 4.78 is 10.7. The summed E-state index contributed by atoms with van der Waals surface area (Å²) in [5, 5.41) is 9.73. The van der Waals surface area contributed by atoms with Gasteiger partial charge in [-0.15, -0.1) is 0 Å². The van der Waals surface area contributed by atoms with Crippen LogP contribution in [0, 0.1) is 0 Å². The fraction of sp³-hybridized carbons (Fsp3) is 0.562. The van der Waals surface area contributed by atoms with Gasteiger partial charge in [0, 0.05) is 0 Å². The minimum Gasteiger partial charge on any atom is -0.497 e. The standard InChI is InChI=1S/C32H48N2O2/c1-5-7-9-11-13-15-17-31(27-19-23-29(35-3)24-20-27)33-34-32(18-16-14-12-10-8-6-2)28-21-25-30(36-4)26-22-28/h19-26H,5-18H2,1-4H3/b33-31-,34-32-. The summed E-state index contributed by atoms with van der Waals surface area (Å²) >= 11 is 0. The van der Waals surface area contributed by atoms with Crippen molar-refractivity contribution < 1.29 is 9.47 Å². The van der Waals surface area contributed by atoms with E-state index in [-0.39, 0.29) is 0 Å². The molecule has 0 spiro atoms. The van der Waals surface area contributed by atoms with Crippen LogP contribution in [0.3, 0.4) is 0 Å².